The molecular formula is C16H30N2O. The number of hydrogen-bond acceptors (Lipinski definition) is 3. The third-order valence-corrected chi connectivity index (χ3v) is 5.51. The number of nitrogens with zero attached hydrogens (tertiary/aromatic N) is 1. The highest BCUT2D eigenvalue weighted by molar-refractivity contribution is 5.04. The van der Waals surface area contributed by atoms with Crippen molar-refractivity contribution in [1.29, 1.82) is 0 Å². The van der Waals surface area contributed by atoms with Crippen LogP contribution in [0.5, 0.6) is 0 Å². The predicted octanol–water partition coefficient (Wildman–Crippen LogP) is 2.41. The molecule has 3 nitrogen and oxygen atoms in total. The van der Waals surface area contributed by atoms with Crippen molar-refractivity contribution in [2.45, 2.75) is 63.5 Å². The van der Waals surface area contributed by atoms with E-state index in [-0.39, 0.29) is 5.54 Å². The van der Waals surface area contributed by atoms with E-state index in [2.05, 4.69) is 24.1 Å². The Kier molecular flexibility index (Phi) is 3.89. The van der Waals surface area contributed by atoms with Gasteiger partial charge in [0.05, 0.1) is 0 Å². The Bertz CT molecular complexity index is 304. The number of piperazine rings is 1. The van der Waals surface area contributed by atoms with Gasteiger partial charge >= 0.3 is 0 Å². The number of rotatable bonds is 2. The molecule has 1 N–H and O–H groups in total. The van der Waals surface area contributed by atoms with E-state index in [1.165, 1.54) is 58.2 Å². The smallest absolute Gasteiger partial charge is 0.0469 e. The summed E-state index contributed by atoms with van der Waals surface area (Å²) in [6.45, 7) is 10.4. The molecule has 0 aromatic carbocycles. The van der Waals surface area contributed by atoms with Gasteiger partial charge in [-0.05, 0) is 45.4 Å². The van der Waals surface area contributed by atoms with E-state index in [0.717, 1.165) is 19.1 Å². The van der Waals surface area contributed by atoms with E-state index in [4.69, 9.17) is 4.74 Å². The first-order valence-corrected chi connectivity index (χ1v) is 8.18. The molecule has 1 aliphatic carbocycles. The minimum absolute atomic E-state index is 0.277. The van der Waals surface area contributed by atoms with Gasteiger partial charge in [-0.1, -0.05) is 12.8 Å². The molecule has 2 heterocycles. The second kappa shape index (κ2) is 5.34. The zero-order chi connectivity index (χ0) is 13.3. The summed E-state index contributed by atoms with van der Waals surface area (Å²) in [4.78, 5) is 2.85. The van der Waals surface area contributed by atoms with Crippen LogP contribution in [-0.4, -0.2) is 48.8 Å². The van der Waals surface area contributed by atoms with Gasteiger partial charge in [0.25, 0.3) is 0 Å². The lowest BCUT2D eigenvalue weighted by atomic mass is 9.85. The number of nitrogens with one attached hydrogen (secondary N) is 1. The maximum absolute atomic E-state index is 5.52. The molecule has 0 bridgehead atoms. The fraction of sp³-hybridized carbons (Fsp3) is 1.00. The largest absolute Gasteiger partial charge is 0.381 e. The van der Waals surface area contributed by atoms with Crippen LogP contribution >= 0.6 is 0 Å². The average molecular weight is 266 g/mol. The van der Waals surface area contributed by atoms with Crippen molar-refractivity contribution in [1.82, 2.24) is 10.2 Å². The van der Waals surface area contributed by atoms with Crippen molar-refractivity contribution in [2.75, 3.05) is 32.8 Å². The normalized spacial score (nSPS) is 31.9. The molecule has 110 valence electrons. The second-order valence-corrected chi connectivity index (χ2v) is 7.61. The van der Waals surface area contributed by atoms with E-state index in [1.807, 2.05) is 0 Å². The van der Waals surface area contributed by atoms with E-state index in [0.29, 0.717) is 5.54 Å². The van der Waals surface area contributed by atoms with Gasteiger partial charge in [0.15, 0.2) is 0 Å². The van der Waals surface area contributed by atoms with Crippen LogP contribution in [0.4, 0.5) is 0 Å². The molecule has 2 aliphatic heterocycles. The van der Waals surface area contributed by atoms with Gasteiger partial charge in [0, 0.05) is 43.9 Å². The highest BCUT2D eigenvalue weighted by Gasteiger charge is 2.45. The Morgan fingerprint density at radius 3 is 2.53 bits per heavy atom. The average Bonchev–Trinajstić information content (AvgIpc) is 2.85. The van der Waals surface area contributed by atoms with Crippen LogP contribution in [0.1, 0.15) is 52.4 Å². The van der Waals surface area contributed by atoms with Crippen LogP contribution < -0.4 is 5.32 Å². The fourth-order valence-corrected chi connectivity index (χ4v) is 4.24. The zero-order valence-corrected chi connectivity index (χ0v) is 12.7. The maximum atomic E-state index is 5.52. The van der Waals surface area contributed by atoms with E-state index < -0.39 is 0 Å². The summed E-state index contributed by atoms with van der Waals surface area (Å²) in [5.41, 5.74) is 0.757. The lowest BCUT2D eigenvalue weighted by Gasteiger charge is -2.52. The van der Waals surface area contributed by atoms with Crippen LogP contribution in [0.15, 0.2) is 0 Å². The Hall–Kier alpha value is -0.120. The third-order valence-electron chi connectivity index (χ3n) is 5.51. The van der Waals surface area contributed by atoms with Crippen molar-refractivity contribution in [2.24, 2.45) is 5.92 Å². The van der Waals surface area contributed by atoms with Crippen molar-refractivity contribution in [3.63, 3.8) is 0 Å². The zero-order valence-electron chi connectivity index (χ0n) is 12.7. The molecule has 3 aliphatic rings. The first-order valence-electron chi connectivity index (χ1n) is 8.18. The number of ether oxygens (including phenoxy) is 1. The maximum Gasteiger partial charge on any atom is 0.0469 e. The van der Waals surface area contributed by atoms with Crippen LogP contribution in [0.25, 0.3) is 0 Å². The Balaban J connectivity index is 1.69. The predicted molar refractivity (Wildman–Crippen MR) is 78.4 cm³/mol. The van der Waals surface area contributed by atoms with Gasteiger partial charge < -0.3 is 10.1 Å². The minimum atomic E-state index is 0.277. The molecule has 0 aromatic rings. The van der Waals surface area contributed by atoms with Gasteiger partial charge in [0.1, 0.15) is 0 Å². The molecule has 1 saturated carbocycles. The molecule has 0 unspecified atom stereocenters. The molecule has 0 aromatic heterocycles. The molecule has 0 radical (unpaired) electrons. The van der Waals surface area contributed by atoms with Crippen molar-refractivity contribution >= 4 is 0 Å². The monoisotopic (exact) mass is 266 g/mol. The van der Waals surface area contributed by atoms with Gasteiger partial charge in [-0.25, -0.2) is 0 Å². The molecule has 0 atom stereocenters. The summed E-state index contributed by atoms with van der Waals surface area (Å²) in [5, 5.41) is 3.79. The van der Waals surface area contributed by atoms with E-state index in [9.17, 15) is 0 Å². The molecule has 3 fully saturated rings. The minimum Gasteiger partial charge on any atom is -0.381 e. The highest BCUT2D eigenvalue weighted by Crippen LogP contribution is 2.39. The molecule has 3 rings (SSSR count). The first-order chi connectivity index (χ1) is 9.10. The van der Waals surface area contributed by atoms with Crippen LogP contribution in [-0.2, 0) is 4.74 Å². The van der Waals surface area contributed by atoms with Crippen molar-refractivity contribution in [3.05, 3.63) is 0 Å². The van der Waals surface area contributed by atoms with Gasteiger partial charge in [-0.3, -0.25) is 4.90 Å². The summed E-state index contributed by atoms with van der Waals surface area (Å²) >= 11 is 0. The summed E-state index contributed by atoms with van der Waals surface area (Å²) in [6, 6.07) is 0. The molecule has 1 spiro atoms. The second-order valence-electron chi connectivity index (χ2n) is 7.61. The molecule has 3 heteroatoms. The highest BCUT2D eigenvalue weighted by atomic mass is 16.5. The molecule has 0 amide bonds. The first kappa shape index (κ1) is 13.8. The van der Waals surface area contributed by atoms with Gasteiger partial charge in [0.2, 0.25) is 0 Å². The summed E-state index contributed by atoms with van der Waals surface area (Å²) in [6.07, 6.45) is 8.18. The Labute approximate surface area is 118 Å². The van der Waals surface area contributed by atoms with Gasteiger partial charge in [-0.2, -0.15) is 0 Å². The molecular weight excluding hydrogens is 236 g/mol. The topological polar surface area (TPSA) is 24.5 Å². The number of hydrogen-bond donors (Lipinski definition) is 1. The van der Waals surface area contributed by atoms with Crippen LogP contribution in [0, 0.1) is 5.92 Å². The fourth-order valence-electron chi connectivity index (χ4n) is 4.24. The van der Waals surface area contributed by atoms with Gasteiger partial charge in [-0.15, -0.1) is 0 Å². The third kappa shape index (κ3) is 2.98. The Morgan fingerprint density at radius 1 is 1.16 bits per heavy atom. The van der Waals surface area contributed by atoms with Crippen molar-refractivity contribution < 1.29 is 4.74 Å². The SMILES string of the molecule is CC1(C)CN(CC2CCOCC2)C2(CCCC2)CN1. The lowest BCUT2D eigenvalue weighted by Crippen LogP contribution is -2.68. The standard InChI is InChI=1S/C16H30N2O/c1-15(2)13-18(11-14-5-9-19-10-6-14)16(12-17-15)7-3-4-8-16/h14,17H,3-13H2,1-2H3. The summed E-state index contributed by atoms with van der Waals surface area (Å²) in [5.74, 6) is 0.861. The quantitative estimate of drug-likeness (QED) is 0.830. The summed E-state index contributed by atoms with van der Waals surface area (Å²) in [7, 11) is 0. The summed E-state index contributed by atoms with van der Waals surface area (Å²) < 4.78 is 5.52. The van der Waals surface area contributed by atoms with Crippen molar-refractivity contribution in [3.8, 4) is 0 Å². The lowest BCUT2D eigenvalue weighted by molar-refractivity contribution is -0.0140. The van der Waals surface area contributed by atoms with Crippen LogP contribution in [0.3, 0.4) is 0 Å². The molecule has 2 saturated heterocycles. The van der Waals surface area contributed by atoms with Crippen LogP contribution in [0.2, 0.25) is 0 Å². The van der Waals surface area contributed by atoms with E-state index in [1.54, 1.807) is 0 Å². The van der Waals surface area contributed by atoms with E-state index >= 15 is 0 Å². The molecule has 19 heavy (non-hydrogen) atoms. The Morgan fingerprint density at radius 2 is 1.84 bits per heavy atom.